The van der Waals surface area contributed by atoms with Gasteiger partial charge in [0.1, 0.15) is 11.2 Å². The number of benzene rings is 9. The molecular formula is C50H33NO. The summed E-state index contributed by atoms with van der Waals surface area (Å²) in [6.07, 6.45) is 0. The third-order valence-corrected chi connectivity index (χ3v) is 10.3. The van der Waals surface area contributed by atoms with Gasteiger partial charge in [0.05, 0.1) is 5.69 Å². The Balaban J connectivity index is 1.20. The monoisotopic (exact) mass is 663 g/mol. The summed E-state index contributed by atoms with van der Waals surface area (Å²) >= 11 is 0. The maximum Gasteiger partial charge on any atom is 0.143 e. The maximum atomic E-state index is 6.86. The molecular weight excluding hydrogens is 631 g/mol. The Labute approximate surface area is 302 Å². The van der Waals surface area contributed by atoms with E-state index in [9.17, 15) is 0 Å². The zero-order valence-corrected chi connectivity index (χ0v) is 28.4. The van der Waals surface area contributed by atoms with Gasteiger partial charge in [-0.25, -0.2) is 0 Å². The zero-order valence-electron chi connectivity index (χ0n) is 28.4. The number of hydrogen-bond acceptors (Lipinski definition) is 2. The lowest BCUT2D eigenvalue weighted by Crippen LogP contribution is -2.11. The van der Waals surface area contributed by atoms with Crippen molar-refractivity contribution in [2.75, 3.05) is 4.90 Å². The Bertz CT molecular complexity index is 2860. The van der Waals surface area contributed by atoms with Crippen LogP contribution in [0.25, 0.3) is 76.9 Å². The number of fused-ring (bicyclic) bond motifs is 8. The Morgan fingerprint density at radius 3 is 1.37 bits per heavy atom. The maximum absolute atomic E-state index is 6.86. The average molecular weight is 664 g/mol. The van der Waals surface area contributed by atoms with Crippen LogP contribution in [0.15, 0.2) is 205 Å². The molecule has 0 unspecified atom stereocenters. The molecule has 0 N–H and O–H groups in total. The highest BCUT2D eigenvalue weighted by molar-refractivity contribution is 6.32. The van der Waals surface area contributed by atoms with Gasteiger partial charge in [-0.1, -0.05) is 164 Å². The first-order valence-electron chi connectivity index (χ1n) is 17.8. The minimum Gasteiger partial charge on any atom is -0.455 e. The molecule has 52 heavy (non-hydrogen) atoms. The van der Waals surface area contributed by atoms with Gasteiger partial charge in [0.25, 0.3) is 0 Å². The lowest BCUT2D eigenvalue weighted by Gasteiger charge is -2.28. The molecule has 1 heterocycles. The van der Waals surface area contributed by atoms with Crippen LogP contribution in [0.1, 0.15) is 0 Å². The predicted molar refractivity (Wildman–Crippen MR) is 220 cm³/mol. The first-order valence-corrected chi connectivity index (χ1v) is 17.8. The van der Waals surface area contributed by atoms with Crippen molar-refractivity contribution in [3.8, 4) is 33.4 Å². The van der Waals surface area contributed by atoms with E-state index in [1.165, 1.54) is 38.4 Å². The van der Waals surface area contributed by atoms with E-state index >= 15 is 0 Å². The van der Waals surface area contributed by atoms with Crippen molar-refractivity contribution >= 4 is 60.5 Å². The standard InChI is InChI=1S/C50H33NO/c1-4-14-34(15-5-1)35-24-26-36(27-25-35)37-28-30-40(31-29-37)51(39-18-8-3-9-19-39)45-32-33-46-49(47(45)38-16-6-2-7-17-38)48-43-22-12-10-20-41(43)42-21-11-13-23-44(42)50(48)52-46/h1-33H. The van der Waals surface area contributed by atoms with Crippen molar-refractivity contribution in [2.45, 2.75) is 0 Å². The molecule has 2 nitrogen and oxygen atoms in total. The second-order valence-corrected chi connectivity index (χ2v) is 13.3. The molecule has 0 amide bonds. The zero-order chi connectivity index (χ0) is 34.4. The smallest absolute Gasteiger partial charge is 0.143 e. The Morgan fingerprint density at radius 2 is 0.750 bits per heavy atom. The molecule has 2 heteroatoms. The second kappa shape index (κ2) is 12.5. The van der Waals surface area contributed by atoms with Crippen LogP contribution in [0.5, 0.6) is 0 Å². The van der Waals surface area contributed by atoms with E-state index in [1.54, 1.807) is 0 Å². The summed E-state index contributed by atoms with van der Waals surface area (Å²) < 4.78 is 6.86. The summed E-state index contributed by atoms with van der Waals surface area (Å²) in [5.74, 6) is 0. The van der Waals surface area contributed by atoms with Gasteiger partial charge in [-0.15, -0.1) is 0 Å². The number of furan rings is 1. The molecule has 9 aromatic carbocycles. The molecule has 10 aromatic rings. The second-order valence-electron chi connectivity index (χ2n) is 13.3. The highest BCUT2D eigenvalue weighted by Crippen LogP contribution is 2.50. The fourth-order valence-corrected chi connectivity index (χ4v) is 7.86. The van der Waals surface area contributed by atoms with Gasteiger partial charge in [-0.3, -0.25) is 0 Å². The molecule has 244 valence electrons. The summed E-state index contributed by atoms with van der Waals surface area (Å²) in [6.45, 7) is 0. The number of anilines is 3. The van der Waals surface area contributed by atoms with Crippen LogP contribution < -0.4 is 4.90 Å². The molecule has 10 rings (SSSR count). The minimum absolute atomic E-state index is 0.876. The van der Waals surface area contributed by atoms with Gasteiger partial charge >= 0.3 is 0 Å². The van der Waals surface area contributed by atoms with Gasteiger partial charge in [0.15, 0.2) is 0 Å². The summed E-state index contributed by atoms with van der Waals surface area (Å²) in [5, 5.41) is 7.01. The SMILES string of the molecule is c1ccc(-c2ccc(-c3ccc(N(c4ccccc4)c4ccc5oc6c7ccccc7c7ccccc7c6c5c4-c4ccccc4)cc3)cc2)cc1. The van der Waals surface area contributed by atoms with Gasteiger partial charge < -0.3 is 9.32 Å². The molecule has 0 aliphatic carbocycles. The van der Waals surface area contributed by atoms with Crippen molar-refractivity contribution in [2.24, 2.45) is 0 Å². The summed E-state index contributed by atoms with van der Waals surface area (Å²) in [5.41, 5.74) is 12.1. The van der Waals surface area contributed by atoms with Gasteiger partial charge in [-0.05, 0) is 80.4 Å². The first kappa shape index (κ1) is 30.0. The van der Waals surface area contributed by atoms with Crippen molar-refractivity contribution < 1.29 is 4.42 Å². The lowest BCUT2D eigenvalue weighted by atomic mass is 9.92. The van der Waals surface area contributed by atoms with Crippen LogP contribution in [0, 0.1) is 0 Å². The normalized spacial score (nSPS) is 11.5. The van der Waals surface area contributed by atoms with Crippen LogP contribution in [0.2, 0.25) is 0 Å². The molecule has 0 aliphatic rings. The van der Waals surface area contributed by atoms with Crippen LogP contribution in [0.3, 0.4) is 0 Å². The van der Waals surface area contributed by atoms with Crippen LogP contribution in [-0.2, 0) is 0 Å². The van der Waals surface area contributed by atoms with Crippen molar-refractivity contribution in [3.63, 3.8) is 0 Å². The number of hydrogen-bond donors (Lipinski definition) is 0. The first-order chi connectivity index (χ1) is 25.8. The predicted octanol–water partition coefficient (Wildman–Crippen LogP) is 14.4. The molecule has 1 aromatic heterocycles. The van der Waals surface area contributed by atoms with Crippen molar-refractivity contribution in [1.29, 1.82) is 0 Å². The quantitative estimate of drug-likeness (QED) is 0.165. The molecule has 0 aliphatic heterocycles. The Kier molecular flexibility index (Phi) is 7.18. The molecule has 0 radical (unpaired) electrons. The van der Waals surface area contributed by atoms with Crippen LogP contribution >= 0.6 is 0 Å². The molecule has 0 spiro atoms. The van der Waals surface area contributed by atoms with Crippen molar-refractivity contribution in [3.05, 3.63) is 200 Å². The molecule has 0 atom stereocenters. The van der Waals surface area contributed by atoms with E-state index in [0.717, 1.165) is 55.5 Å². The lowest BCUT2D eigenvalue weighted by molar-refractivity contribution is 0.673. The van der Waals surface area contributed by atoms with Gasteiger partial charge in [0, 0.05) is 33.1 Å². The van der Waals surface area contributed by atoms with Gasteiger partial charge in [0.2, 0.25) is 0 Å². The highest BCUT2D eigenvalue weighted by atomic mass is 16.3. The van der Waals surface area contributed by atoms with E-state index in [2.05, 4.69) is 205 Å². The topological polar surface area (TPSA) is 16.4 Å². The molecule has 0 bridgehead atoms. The van der Waals surface area contributed by atoms with E-state index in [4.69, 9.17) is 4.42 Å². The Hall–Kier alpha value is -6.90. The third-order valence-electron chi connectivity index (χ3n) is 10.3. The fraction of sp³-hybridized carbons (Fsp3) is 0. The largest absolute Gasteiger partial charge is 0.455 e. The number of rotatable bonds is 6. The van der Waals surface area contributed by atoms with E-state index in [1.807, 2.05) is 0 Å². The van der Waals surface area contributed by atoms with Crippen molar-refractivity contribution in [1.82, 2.24) is 0 Å². The third kappa shape index (κ3) is 4.96. The highest BCUT2D eigenvalue weighted by Gasteiger charge is 2.24. The van der Waals surface area contributed by atoms with Crippen LogP contribution in [-0.4, -0.2) is 0 Å². The van der Waals surface area contributed by atoms with E-state index in [-0.39, 0.29) is 0 Å². The van der Waals surface area contributed by atoms with E-state index in [0.29, 0.717) is 0 Å². The summed E-state index contributed by atoms with van der Waals surface area (Å²) in [4.78, 5) is 2.38. The number of nitrogens with zero attached hydrogens (tertiary/aromatic N) is 1. The average Bonchev–Trinajstić information content (AvgIpc) is 3.63. The van der Waals surface area contributed by atoms with E-state index < -0.39 is 0 Å². The summed E-state index contributed by atoms with van der Waals surface area (Å²) in [7, 11) is 0. The fourth-order valence-electron chi connectivity index (χ4n) is 7.86. The minimum atomic E-state index is 0.876. The molecule has 0 saturated heterocycles. The molecule has 0 fully saturated rings. The number of para-hydroxylation sites is 1. The Morgan fingerprint density at radius 1 is 0.308 bits per heavy atom. The van der Waals surface area contributed by atoms with Crippen LogP contribution in [0.4, 0.5) is 17.1 Å². The van der Waals surface area contributed by atoms with Gasteiger partial charge in [-0.2, -0.15) is 0 Å². The summed E-state index contributed by atoms with van der Waals surface area (Å²) in [6, 6.07) is 71.4. The molecule has 0 saturated carbocycles.